The average molecular weight is 366 g/mol. The molecular formula is C19H37Cl2NO. The van der Waals surface area contributed by atoms with Crippen molar-refractivity contribution in [1.82, 2.24) is 5.32 Å². The maximum Gasteiger partial charge on any atom is 0.222 e. The molecule has 138 valence electrons. The van der Waals surface area contributed by atoms with Crippen molar-refractivity contribution < 1.29 is 4.79 Å². The number of amides is 1. The molecule has 2 nitrogen and oxygen atoms in total. The van der Waals surface area contributed by atoms with Gasteiger partial charge in [0.15, 0.2) is 4.96 Å². The van der Waals surface area contributed by atoms with Crippen molar-refractivity contribution in [2.45, 2.75) is 115 Å². The zero-order chi connectivity index (χ0) is 17.2. The summed E-state index contributed by atoms with van der Waals surface area (Å²) >= 11 is 11.0. The molecule has 0 fully saturated rings. The lowest BCUT2D eigenvalue weighted by Gasteiger charge is -2.05. The number of alkyl halides is 2. The van der Waals surface area contributed by atoms with Crippen molar-refractivity contribution in [1.29, 1.82) is 0 Å². The summed E-state index contributed by atoms with van der Waals surface area (Å²) in [5.74, 6) is -0.0466. The van der Waals surface area contributed by atoms with Crippen molar-refractivity contribution in [2.24, 2.45) is 0 Å². The van der Waals surface area contributed by atoms with Gasteiger partial charge in [-0.3, -0.25) is 4.79 Å². The second kappa shape index (κ2) is 18.4. The van der Waals surface area contributed by atoms with E-state index in [4.69, 9.17) is 23.2 Å². The summed E-state index contributed by atoms with van der Waals surface area (Å²) in [6, 6.07) is 0. The Labute approximate surface area is 154 Å². The molecule has 0 rings (SSSR count). The van der Waals surface area contributed by atoms with Gasteiger partial charge < -0.3 is 5.32 Å². The standard InChI is InChI=1S/C19H37Cl2NO/c1-2-3-4-5-6-7-8-9-10-11-12-13-14-15-16-17-18(23)22-19(20)21/h19H,2-17H2,1H3,(H,22,23). The Morgan fingerprint density at radius 1 is 0.696 bits per heavy atom. The van der Waals surface area contributed by atoms with E-state index in [0.29, 0.717) is 6.42 Å². The number of hydrogen-bond donors (Lipinski definition) is 1. The van der Waals surface area contributed by atoms with Gasteiger partial charge in [-0.05, 0) is 6.42 Å². The molecule has 1 N–H and O–H groups in total. The number of unbranched alkanes of at least 4 members (excludes halogenated alkanes) is 14. The Morgan fingerprint density at radius 2 is 1.04 bits per heavy atom. The maximum atomic E-state index is 11.3. The molecule has 0 radical (unpaired) electrons. The van der Waals surface area contributed by atoms with Gasteiger partial charge in [0.2, 0.25) is 5.91 Å². The predicted molar refractivity (Wildman–Crippen MR) is 103 cm³/mol. The number of rotatable bonds is 17. The monoisotopic (exact) mass is 365 g/mol. The second-order valence-corrected chi connectivity index (χ2v) is 7.66. The lowest BCUT2D eigenvalue weighted by Crippen LogP contribution is -2.26. The largest absolute Gasteiger partial charge is 0.327 e. The SMILES string of the molecule is CCCCCCCCCCCCCCCCCC(=O)NC(Cl)Cl. The third-order valence-corrected chi connectivity index (χ3v) is 4.50. The van der Waals surface area contributed by atoms with Gasteiger partial charge >= 0.3 is 0 Å². The predicted octanol–water partition coefficient (Wildman–Crippen LogP) is 7.13. The Morgan fingerprint density at radius 3 is 1.39 bits per heavy atom. The van der Waals surface area contributed by atoms with Crippen LogP contribution in [0.2, 0.25) is 0 Å². The molecule has 23 heavy (non-hydrogen) atoms. The van der Waals surface area contributed by atoms with Crippen LogP contribution in [0.4, 0.5) is 0 Å². The van der Waals surface area contributed by atoms with Gasteiger partial charge in [0, 0.05) is 6.42 Å². The van der Waals surface area contributed by atoms with Crippen LogP contribution in [0.3, 0.4) is 0 Å². The van der Waals surface area contributed by atoms with Crippen molar-refractivity contribution >= 4 is 29.1 Å². The highest BCUT2D eigenvalue weighted by atomic mass is 35.5. The number of carbonyl (C=O) groups excluding carboxylic acids is 1. The van der Waals surface area contributed by atoms with E-state index in [2.05, 4.69) is 12.2 Å². The molecule has 0 bridgehead atoms. The van der Waals surface area contributed by atoms with Crippen molar-refractivity contribution in [2.75, 3.05) is 0 Å². The number of halogens is 2. The minimum atomic E-state index is -0.779. The van der Waals surface area contributed by atoms with Crippen LogP contribution in [0.25, 0.3) is 0 Å². The lowest BCUT2D eigenvalue weighted by atomic mass is 10.0. The Hall–Kier alpha value is 0.0500. The zero-order valence-corrected chi connectivity index (χ0v) is 16.6. The van der Waals surface area contributed by atoms with Gasteiger partial charge in [0.05, 0.1) is 0 Å². The lowest BCUT2D eigenvalue weighted by molar-refractivity contribution is -0.121. The Balaban J connectivity index is 3.06. The first-order chi connectivity index (χ1) is 11.2. The highest BCUT2D eigenvalue weighted by Crippen LogP contribution is 2.13. The molecule has 0 spiro atoms. The van der Waals surface area contributed by atoms with Crippen LogP contribution in [0.5, 0.6) is 0 Å². The summed E-state index contributed by atoms with van der Waals surface area (Å²) < 4.78 is 0. The molecule has 0 heterocycles. The molecular weight excluding hydrogens is 329 g/mol. The van der Waals surface area contributed by atoms with Crippen molar-refractivity contribution in [3.63, 3.8) is 0 Å². The van der Waals surface area contributed by atoms with Crippen LogP contribution in [-0.4, -0.2) is 10.9 Å². The zero-order valence-electron chi connectivity index (χ0n) is 15.1. The topological polar surface area (TPSA) is 29.1 Å². The average Bonchev–Trinajstić information content (AvgIpc) is 2.50. The van der Waals surface area contributed by atoms with E-state index in [1.54, 1.807) is 0 Å². The van der Waals surface area contributed by atoms with Crippen LogP contribution >= 0.6 is 23.2 Å². The van der Waals surface area contributed by atoms with Crippen LogP contribution in [0.1, 0.15) is 110 Å². The fraction of sp³-hybridized carbons (Fsp3) is 0.947. The van der Waals surface area contributed by atoms with Crippen LogP contribution in [0.15, 0.2) is 0 Å². The van der Waals surface area contributed by atoms with Gasteiger partial charge in [-0.2, -0.15) is 0 Å². The summed E-state index contributed by atoms with van der Waals surface area (Å²) in [5, 5.41) is 2.48. The minimum absolute atomic E-state index is 0.0466. The van der Waals surface area contributed by atoms with Gasteiger partial charge in [-0.25, -0.2) is 0 Å². The van der Waals surface area contributed by atoms with E-state index >= 15 is 0 Å². The summed E-state index contributed by atoms with van der Waals surface area (Å²) in [4.78, 5) is 10.5. The highest BCUT2D eigenvalue weighted by Gasteiger charge is 2.04. The summed E-state index contributed by atoms with van der Waals surface area (Å²) in [5.41, 5.74) is 0. The molecule has 0 saturated carbocycles. The van der Waals surface area contributed by atoms with Crippen molar-refractivity contribution in [3.8, 4) is 0 Å². The number of hydrogen-bond acceptors (Lipinski definition) is 1. The summed E-state index contributed by atoms with van der Waals surface area (Å²) in [7, 11) is 0. The normalized spacial score (nSPS) is 11.1. The Bertz CT molecular complexity index is 260. The van der Waals surface area contributed by atoms with E-state index in [1.807, 2.05) is 0 Å². The molecule has 0 aliphatic heterocycles. The van der Waals surface area contributed by atoms with E-state index in [9.17, 15) is 4.79 Å². The third kappa shape index (κ3) is 20.0. The third-order valence-electron chi connectivity index (χ3n) is 4.28. The van der Waals surface area contributed by atoms with Gasteiger partial charge in [-0.15, -0.1) is 0 Å². The van der Waals surface area contributed by atoms with E-state index in [-0.39, 0.29) is 5.91 Å². The molecule has 0 unspecified atom stereocenters. The van der Waals surface area contributed by atoms with Gasteiger partial charge in [0.25, 0.3) is 0 Å². The van der Waals surface area contributed by atoms with Crippen LogP contribution in [0, 0.1) is 0 Å². The van der Waals surface area contributed by atoms with E-state index in [0.717, 1.165) is 12.8 Å². The molecule has 0 aromatic carbocycles. The molecule has 0 atom stereocenters. The summed E-state index contributed by atoms with van der Waals surface area (Å²) in [6.07, 6.45) is 20.5. The Kier molecular flexibility index (Phi) is 18.4. The molecule has 0 aromatic heterocycles. The molecule has 0 aliphatic carbocycles. The fourth-order valence-corrected chi connectivity index (χ4v) is 3.09. The maximum absolute atomic E-state index is 11.3. The number of carbonyl (C=O) groups is 1. The summed E-state index contributed by atoms with van der Waals surface area (Å²) in [6.45, 7) is 2.27. The van der Waals surface area contributed by atoms with Gasteiger partial charge in [-0.1, -0.05) is 120 Å². The molecule has 4 heteroatoms. The van der Waals surface area contributed by atoms with Crippen LogP contribution < -0.4 is 5.32 Å². The first-order valence-corrected chi connectivity index (χ1v) is 10.6. The first-order valence-electron chi connectivity index (χ1n) is 9.74. The number of nitrogens with one attached hydrogen (secondary N) is 1. The molecule has 0 saturated heterocycles. The molecule has 0 aliphatic rings. The molecule has 1 amide bonds. The van der Waals surface area contributed by atoms with Gasteiger partial charge in [0.1, 0.15) is 0 Å². The van der Waals surface area contributed by atoms with Crippen LogP contribution in [-0.2, 0) is 4.79 Å². The van der Waals surface area contributed by atoms with E-state index < -0.39 is 4.96 Å². The molecule has 0 aromatic rings. The quantitative estimate of drug-likeness (QED) is 0.166. The van der Waals surface area contributed by atoms with E-state index in [1.165, 1.54) is 83.5 Å². The first kappa shape index (κ1) is 23.1. The van der Waals surface area contributed by atoms with Crippen molar-refractivity contribution in [3.05, 3.63) is 0 Å². The second-order valence-electron chi connectivity index (χ2n) is 6.57. The minimum Gasteiger partial charge on any atom is -0.327 e. The fourth-order valence-electron chi connectivity index (χ4n) is 2.85. The highest BCUT2D eigenvalue weighted by molar-refractivity contribution is 6.44. The smallest absolute Gasteiger partial charge is 0.222 e.